The number of nitrogens with zero attached hydrogens (tertiary/aromatic N) is 1. The Morgan fingerprint density at radius 3 is 2.77 bits per heavy atom. The summed E-state index contributed by atoms with van der Waals surface area (Å²) in [7, 11) is 0. The summed E-state index contributed by atoms with van der Waals surface area (Å²) in [6.45, 7) is 4.21. The van der Waals surface area contributed by atoms with E-state index in [0.29, 0.717) is 4.83 Å². The fourth-order valence-corrected chi connectivity index (χ4v) is 1.40. The first-order chi connectivity index (χ1) is 6.09. The minimum atomic E-state index is 0.409. The Morgan fingerprint density at radius 1 is 1.54 bits per heavy atom. The predicted molar refractivity (Wildman–Crippen MR) is 64.0 cm³/mol. The molecular weight excluding hydrogens is 294 g/mol. The van der Waals surface area contributed by atoms with Gasteiger partial charge in [0.25, 0.3) is 0 Å². The fourth-order valence-electron chi connectivity index (χ4n) is 0.885. The number of hydrogen-bond donors (Lipinski definition) is 0. The lowest BCUT2D eigenvalue weighted by atomic mass is 10.1. The first-order valence-corrected chi connectivity index (χ1v) is 5.73. The molecule has 0 spiro atoms. The first kappa shape index (κ1) is 10.9. The molecule has 13 heavy (non-hydrogen) atoms. The Bertz CT molecular complexity index is 318. The molecule has 0 fully saturated rings. The predicted octanol–water partition coefficient (Wildman–Crippen LogP) is 4.03. The van der Waals surface area contributed by atoms with E-state index in [9.17, 15) is 0 Å². The smallest absolute Gasteiger partial charge is 0.0410 e. The molecule has 0 aliphatic rings. The van der Waals surface area contributed by atoms with E-state index in [1.165, 1.54) is 5.57 Å². The molecular formula is C10H11Br2N. The van der Waals surface area contributed by atoms with Crippen molar-refractivity contribution in [3.05, 3.63) is 34.1 Å². The zero-order valence-electron chi connectivity index (χ0n) is 7.59. The van der Waals surface area contributed by atoms with E-state index in [2.05, 4.69) is 56.8 Å². The lowest BCUT2D eigenvalue weighted by Crippen LogP contribution is -1.91. The molecule has 0 amide bonds. The molecule has 0 radical (unpaired) electrons. The van der Waals surface area contributed by atoms with Crippen molar-refractivity contribution in [3.8, 4) is 0 Å². The van der Waals surface area contributed by atoms with Gasteiger partial charge >= 0.3 is 0 Å². The van der Waals surface area contributed by atoms with Gasteiger partial charge in [-0.2, -0.15) is 0 Å². The van der Waals surface area contributed by atoms with Crippen LogP contribution in [0.3, 0.4) is 0 Å². The molecule has 0 saturated heterocycles. The molecule has 1 unspecified atom stereocenters. The first-order valence-electron chi connectivity index (χ1n) is 4.02. The highest BCUT2D eigenvalue weighted by atomic mass is 79.9. The summed E-state index contributed by atoms with van der Waals surface area (Å²) < 4.78 is 1.01. The van der Waals surface area contributed by atoms with Crippen LogP contribution in [0.25, 0.3) is 6.08 Å². The van der Waals surface area contributed by atoms with Crippen molar-refractivity contribution in [3.63, 3.8) is 0 Å². The second-order valence-corrected chi connectivity index (χ2v) is 5.23. The Kier molecular flexibility index (Phi) is 4.13. The fraction of sp³-hybridized carbons (Fsp3) is 0.300. The molecule has 1 rings (SSSR count). The van der Waals surface area contributed by atoms with Gasteiger partial charge in [0.05, 0.1) is 0 Å². The molecule has 0 aliphatic heterocycles. The quantitative estimate of drug-likeness (QED) is 0.752. The lowest BCUT2D eigenvalue weighted by Gasteiger charge is -2.02. The van der Waals surface area contributed by atoms with Gasteiger partial charge in [0.1, 0.15) is 0 Å². The van der Waals surface area contributed by atoms with Gasteiger partial charge in [0.15, 0.2) is 0 Å². The number of halogens is 2. The van der Waals surface area contributed by atoms with E-state index in [1.54, 1.807) is 6.20 Å². The summed E-state index contributed by atoms with van der Waals surface area (Å²) >= 11 is 6.90. The van der Waals surface area contributed by atoms with Crippen molar-refractivity contribution < 1.29 is 0 Å². The topological polar surface area (TPSA) is 12.9 Å². The van der Waals surface area contributed by atoms with Crippen LogP contribution in [0.4, 0.5) is 0 Å². The van der Waals surface area contributed by atoms with Gasteiger partial charge in [-0.3, -0.25) is 4.98 Å². The van der Waals surface area contributed by atoms with Crippen molar-refractivity contribution >= 4 is 37.9 Å². The Hall–Kier alpha value is -0.150. The second-order valence-electron chi connectivity index (χ2n) is 2.94. The Morgan fingerprint density at radius 2 is 2.23 bits per heavy atom. The molecule has 70 valence electrons. The zero-order chi connectivity index (χ0) is 9.84. The Balaban J connectivity index is 2.91. The average Bonchev–Trinajstić information content (AvgIpc) is 2.04. The average molecular weight is 305 g/mol. The highest BCUT2D eigenvalue weighted by Gasteiger charge is 1.98. The standard InChI is InChI=1S/C10H11Br2N/c1-7(8(2)11)3-9-4-10(12)6-13-5-9/h3-6,8H,1-2H3/b7-3+. The number of hydrogen-bond acceptors (Lipinski definition) is 1. The van der Waals surface area contributed by atoms with Crippen molar-refractivity contribution in [2.75, 3.05) is 0 Å². The molecule has 0 aromatic carbocycles. The molecule has 0 aliphatic carbocycles. The van der Waals surface area contributed by atoms with Gasteiger partial charge < -0.3 is 0 Å². The number of alkyl halides is 1. The third kappa shape index (κ3) is 3.61. The molecule has 1 heterocycles. The number of aromatic nitrogens is 1. The van der Waals surface area contributed by atoms with E-state index >= 15 is 0 Å². The van der Waals surface area contributed by atoms with Crippen LogP contribution in [0, 0.1) is 0 Å². The maximum absolute atomic E-state index is 4.09. The highest BCUT2D eigenvalue weighted by molar-refractivity contribution is 9.10. The summed E-state index contributed by atoms with van der Waals surface area (Å²) in [6.07, 6.45) is 5.76. The molecule has 0 saturated carbocycles. The van der Waals surface area contributed by atoms with Crippen LogP contribution in [0.15, 0.2) is 28.5 Å². The summed E-state index contributed by atoms with van der Waals surface area (Å²) in [5.74, 6) is 0. The van der Waals surface area contributed by atoms with Crippen molar-refractivity contribution in [1.29, 1.82) is 0 Å². The zero-order valence-corrected chi connectivity index (χ0v) is 10.8. The van der Waals surface area contributed by atoms with Crippen molar-refractivity contribution in [2.45, 2.75) is 18.7 Å². The number of allylic oxidation sites excluding steroid dienone is 1. The Labute approximate surface area is 95.5 Å². The van der Waals surface area contributed by atoms with Crippen LogP contribution in [0.1, 0.15) is 19.4 Å². The third-order valence-electron chi connectivity index (χ3n) is 1.75. The van der Waals surface area contributed by atoms with E-state index in [-0.39, 0.29) is 0 Å². The largest absolute Gasteiger partial charge is 0.263 e. The second kappa shape index (κ2) is 4.91. The number of pyridine rings is 1. The van der Waals surface area contributed by atoms with Gasteiger partial charge in [-0.1, -0.05) is 27.6 Å². The van der Waals surface area contributed by atoms with Crippen LogP contribution in [-0.2, 0) is 0 Å². The van der Waals surface area contributed by atoms with Crippen LogP contribution in [0.5, 0.6) is 0 Å². The van der Waals surface area contributed by atoms with E-state index in [0.717, 1.165) is 10.0 Å². The maximum Gasteiger partial charge on any atom is 0.0410 e. The third-order valence-corrected chi connectivity index (χ3v) is 2.90. The van der Waals surface area contributed by atoms with Crippen molar-refractivity contribution in [2.24, 2.45) is 0 Å². The van der Waals surface area contributed by atoms with Gasteiger partial charge in [-0.05, 0) is 41.4 Å². The summed E-state index contributed by atoms with van der Waals surface area (Å²) in [5.41, 5.74) is 2.41. The minimum absolute atomic E-state index is 0.409. The van der Waals surface area contributed by atoms with Gasteiger partial charge in [0.2, 0.25) is 0 Å². The molecule has 3 heteroatoms. The van der Waals surface area contributed by atoms with Crippen LogP contribution < -0.4 is 0 Å². The summed E-state index contributed by atoms with van der Waals surface area (Å²) in [6, 6.07) is 2.05. The number of rotatable bonds is 2. The summed E-state index contributed by atoms with van der Waals surface area (Å²) in [4.78, 5) is 4.50. The molecule has 0 N–H and O–H groups in total. The summed E-state index contributed by atoms with van der Waals surface area (Å²) in [5, 5.41) is 0. The highest BCUT2D eigenvalue weighted by Crippen LogP contribution is 2.16. The normalized spacial score (nSPS) is 14.3. The maximum atomic E-state index is 4.09. The van der Waals surface area contributed by atoms with Crippen molar-refractivity contribution in [1.82, 2.24) is 4.98 Å². The molecule has 0 bridgehead atoms. The van der Waals surface area contributed by atoms with Crippen LogP contribution in [0.2, 0.25) is 0 Å². The monoisotopic (exact) mass is 303 g/mol. The molecule has 1 aromatic rings. The van der Waals surface area contributed by atoms with Gasteiger partial charge in [0, 0.05) is 21.7 Å². The minimum Gasteiger partial charge on any atom is -0.263 e. The molecule has 1 atom stereocenters. The van der Waals surface area contributed by atoms with Gasteiger partial charge in [-0.15, -0.1) is 0 Å². The lowest BCUT2D eigenvalue weighted by molar-refractivity contribution is 1.15. The van der Waals surface area contributed by atoms with E-state index in [1.807, 2.05) is 12.3 Å². The van der Waals surface area contributed by atoms with E-state index in [4.69, 9.17) is 0 Å². The SMILES string of the molecule is C/C(=C\c1cncc(Br)c1)C(C)Br. The van der Waals surface area contributed by atoms with Crippen LogP contribution >= 0.6 is 31.9 Å². The van der Waals surface area contributed by atoms with Crippen LogP contribution in [-0.4, -0.2) is 9.81 Å². The molecule has 1 aromatic heterocycles. The van der Waals surface area contributed by atoms with Gasteiger partial charge in [-0.25, -0.2) is 0 Å². The van der Waals surface area contributed by atoms with E-state index < -0.39 is 0 Å². The molecule has 1 nitrogen and oxygen atoms in total.